The number of fused-ring (bicyclic) bond motifs is 1. The van der Waals surface area contributed by atoms with Gasteiger partial charge in [-0.25, -0.2) is 4.98 Å². The average molecular weight is 236 g/mol. The summed E-state index contributed by atoms with van der Waals surface area (Å²) in [5.74, 6) is 0.759. The van der Waals surface area contributed by atoms with Crippen molar-refractivity contribution in [3.05, 3.63) is 42.2 Å². The number of nitrogens with two attached hydrogens (primary N) is 1. The number of nitriles is 1. The maximum Gasteiger partial charge on any atom is 0.174 e. The third-order valence-corrected chi connectivity index (χ3v) is 2.58. The molecule has 0 unspecified atom stereocenters. The molecule has 0 saturated carbocycles. The molecule has 0 aliphatic carbocycles. The molecule has 0 radical (unpaired) electrons. The highest BCUT2D eigenvalue weighted by Crippen LogP contribution is 2.16. The van der Waals surface area contributed by atoms with Crippen molar-refractivity contribution in [2.75, 3.05) is 5.73 Å². The van der Waals surface area contributed by atoms with Crippen LogP contribution in [0.2, 0.25) is 0 Å². The van der Waals surface area contributed by atoms with Gasteiger partial charge < -0.3 is 5.73 Å². The first kappa shape index (κ1) is 10.2. The van der Waals surface area contributed by atoms with E-state index in [2.05, 4.69) is 15.1 Å². The molecule has 6 nitrogen and oxygen atoms in total. The van der Waals surface area contributed by atoms with Crippen LogP contribution in [0.5, 0.6) is 0 Å². The maximum absolute atomic E-state index is 8.83. The summed E-state index contributed by atoms with van der Waals surface area (Å²) in [4.78, 5) is 8.67. The largest absolute Gasteiger partial charge is 0.382 e. The highest BCUT2D eigenvalue weighted by Gasteiger charge is 2.10. The van der Waals surface area contributed by atoms with Gasteiger partial charge in [-0.3, -0.25) is 4.98 Å². The monoisotopic (exact) mass is 236 g/mol. The second-order valence-corrected chi connectivity index (χ2v) is 3.68. The highest BCUT2D eigenvalue weighted by molar-refractivity contribution is 5.74. The average Bonchev–Trinajstić information content (AvgIpc) is 2.79. The van der Waals surface area contributed by atoms with Crippen LogP contribution in [0.4, 0.5) is 5.82 Å². The third-order valence-electron chi connectivity index (χ3n) is 2.58. The molecule has 0 fully saturated rings. The molecule has 18 heavy (non-hydrogen) atoms. The fourth-order valence-electron chi connectivity index (χ4n) is 1.68. The van der Waals surface area contributed by atoms with Crippen molar-refractivity contribution in [3.63, 3.8) is 0 Å². The maximum atomic E-state index is 8.83. The van der Waals surface area contributed by atoms with E-state index < -0.39 is 0 Å². The van der Waals surface area contributed by atoms with E-state index in [1.807, 2.05) is 30.3 Å². The van der Waals surface area contributed by atoms with Crippen LogP contribution in [0, 0.1) is 11.3 Å². The molecule has 0 saturated heterocycles. The van der Waals surface area contributed by atoms with E-state index in [4.69, 9.17) is 11.0 Å². The number of hydrogen-bond acceptors (Lipinski definition) is 5. The smallest absolute Gasteiger partial charge is 0.174 e. The van der Waals surface area contributed by atoms with Crippen molar-refractivity contribution >= 4 is 16.9 Å². The first-order valence-electron chi connectivity index (χ1n) is 5.25. The van der Waals surface area contributed by atoms with E-state index in [0.29, 0.717) is 11.4 Å². The van der Waals surface area contributed by atoms with E-state index in [1.54, 1.807) is 6.20 Å². The van der Waals surface area contributed by atoms with Crippen molar-refractivity contribution in [3.8, 4) is 11.9 Å². The van der Waals surface area contributed by atoms with Crippen molar-refractivity contribution in [2.45, 2.75) is 0 Å². The molecule has 0 bridgehead atoms. The molecule has 2 heterocycles. The Labute approximate surface area is 102 Å². The number of nitrogens with zero attached hydrogens (tertiary/aromatic N) is 5. The topological polar surface area (TPSA) is 93.4 Å². The second-order valence-electron chi connectivity index (χ2n) is 3.68. The summed E-state index contributed by atoms with van der Waals surface area (Å²) in [5.41, 5.74) is 7.68. The Bertz CT molecular complexity index is 768. The summed E-state index contributed by atoms with van der Waals surface area (Å²) in [6.45, 7) is 0. The van der Waals surface area contributed by atoms with E-state index >= 15 is 0 Å². The molecule has 0 aliphatic heterocycles. The number of nitrogen functional groups attached to an aromatic ring is 1. The van der Waals surface area contributed by atoms with Crippen LogP contribution in [-0.2, 0) is 0 Å². The van der Waals surface area contributed by atoms with Crippen molar-refractivity contribution < 1.29 is 0 Å². The van der Waals surface area contributed by atoms with Crippen LogP contribution in [0.3, 0.4) is 0 Å². The number of hydrogen-bond donors (Lipinski definition) is 1. The van der Waals surface area contributed by atoms with Gasteiger partial charge in [0.25, 0.3) is 0 Å². The molecule has 3 aromatic rings. The van der Waals surface area contributed by atoms with Gasteiger partial charge in [-0.1, -0.05) is 12.1 Å². The Morgan fingerprint density at radius 2 is 1.94 bits per heavy atom. The van der Waals surface area contributed by atoms with Crippen LogP contribution in [0.25, 0.3) is 16.9 Å². The van der Waals surface area contributed by atoms with E-state index in [0.717, 1.165) is 11.0 Å². The van der Waals surface area contributed by atoms with Gasteiger partial charge in [0, 0.05) is 0 Å². The van der Waals surface area contributed by atoms with E-state index in [-0.39, 0.29) is 5.82 Å². The summed E-state index contributed by atoms with van der Waals surface area (Å²) in [7, 11) is 0. The predicted octanol–water partition coefficient (Wildman–Crippen LogP) is 1.27. The molecule has 6 heteroatoms. The number of rotatable bonds is 1. The van der Waals surface area contributed by atoms with Crippen molar-refractivity contribution in [2.24, 2.45) is 0 Å². The summed E-state index contributed by atoms with van der Waals surface area (Å²) < 4.78 is 1.40. The van der Waals surface area contributed by atoms with Crippen LogP contribution < -0.4 is 5.73 Å². The molecular formula is C12H8N6. The Morgan fingerprint density at radius 1 is 1.17 bits per heavy atom. The van der Waals surface area contributed by atoms with Gasteiger partial charge in [0.1, 0.15) is 17.5 Å². The summed E-state index contributed by atoms with van der Waals surface area (Å²) >= 11 is 0. The fourth-order valence-corrected chi connectivity index (χ4v) is 1.68. The molecule has 2 aromatic heterocycles. The summed E-state index contributed by atoms with van der Waals surface area (Å²) in [6.07, 6.45) is 2.99. The second kappa shape index (κ2) is 3.82. The lowest BCUT2D eigenvalue weighted by atomic mass is 10.3. The van der Waals surface area contributed by atoms with Gasteiger partial charge in [0.15, 0.2) is 5.82 Å². The van der Waals surface area contributed by atoms with Gasteiger partial charge in [-0.2, -0.15) is 15.0 Å². The van der Waals surface area contributed by atoms with E-state index in [9.17, 15) is 0 Å². The third kappa shape index (κ3) is 1.46. The van der Waals surface area contributed by atoms with E-state index in [1.165, 1.54) is 10.9 Å². The minimum Gasteiger partial charge on any atom is -0.382 e. The fraction of sp³-hybridized carbons (Fsp3) is 0. The van der Waals surface area contributed by atoms with Gasteiger partial charge in [-0.05, 0) is 12.1 Å². The zero-order chi connectivity index (χ0) is 12.5. The zero-order valence-corrected chi connectivity index (χ0v) is 9.28. The van der Waals surface area contributed by atoms with Gasteiger partial charge in [0.05, 0.1) is 23.4 Å². The zero-order valence-electron chi connectivity index (χ0n) is 9.28. The Hall–Kier alpha value is -2.94. The Kier molecular flexibility index (Phi) is 2.17. The van der Waals surface area contributed by atoms with Crippen LogP contribution in [-0.4, -0.2) is 19.7 Å². The highest BCUT2D eigenvalue weighted by atomic mass is 15.3. The molecule has 0 atom stereocenters. The minimum absolute atomic E-state index is 0.266. The van der Waals surface area contributed by atoms with Crippen LogP contribution in [0.15, 0.2) is 36.7 Å². The van der Waals surface area contributed by atoms with Crippen molar-refractivity contribution in [1.82, 2.24) is 19.7 Å². The number of para-hydroxylation sites is 2. The van der Waals surface area contributed by atoms with Gasteiger partial charge >= 0.3 is 0 Å². The first-order chi connectivity index (χ1) is 8.79. The van der Waals surface area contributed by atoms with Crippen LogP contribution >= 0.6 is 0 Å². The Balaban J connectivity index is 2.20. The number of aromatic nitrogens is 4. The lowest BCUT2D eigenvalue weighted by Gasteiger charge is -2.03. The SMILES string of the molecule is N#Cc1cnn(-c2cnc3ccccc3n2)c1N. The molecule has 0 aliphatic rings. The molecule has 0 amide bonds. The Morgan fingerprint density at radius 3 is 2.67 bits per heavy atom. The van der Waals surface area contributed by atoms with Crippen molar-refractivity contribution in [1.29, 1.82) is 5.26 Å². The lowest BCUT2D eigenvalue weighted by molar-refractivity contribution is 0.856. The van der Waals surface area contributed by atoms with Crippen LogP contribution in [0.1, 0.15) is 5.56 Å². The molecule has 0 spiro atoms. The first-order valence-corrected chi connectivity index (χ1v) is 5.25. The summed E-state index contributed by atoms with van der Waals surface area (Å²) in [5, 5.41) is 12.9. The number of anilines is 1. The molecule has 86 valence electrons. The molecule has 1 aromatic carbocycles. The molecule has 2 N–H and O–H groups in total. The lowest BCUT2D eigenvalue weighted by Crippen LogP contribution is -2.05. The molecular weight excluding hydrogens is 228 g/mol. The summed E-state index contributed by atoms with van der Waals surface area (Å²) in [6, 6.07) is 9.48. The predicted molar refractivity (Wildman–Crippen MR) is 65.8 cm³/mol. The normalized spacial score (nSPS) is 10.4. The van der Waals surface area contributed by atoms with Gasteiger partial charge in [-0.15, -0.1) is 0 Å². The number of benzene rings is 1. The standard InChI is InChI=1S/C12H8N6/c13-5-8-6-16-18(12(8)14)11-7-15-9-3-1-2-4-10(9)17-11/h1-4,6-7H,14H2. The van der Waals surface area contributed by atoms with Gasteiger partial charge in [0.2, 0.25) is 0 Å². The minimum atomic E-state index is 0.266. The molecule has 3 rings (SSSR count). The quantitative estimate of drug-likeness (QED) is 0.686.